The number of hydrogen-bond donors (Lipinski definition) is 0. The number of rotatable bonds is 5. The summed E-state index contributed by atoms with van der Waals surface area (Å²) in [5.41, 5.74) is -0.629. The van der Waals surface area contributed by atoms with Crippen molar-refractivity contribution >= 4 is 11.9 Å². The van der Waals surface area contributed by atoms with Crippen LogP contribution in [0.5, 0.6) is 0 Å². The van der Waals surface area contributed by atoms with Crippen LogP contribution >= 0.6 is 0 Å². The van der Waals surface area contributed by atoms with Crippen molar-refractivity contribution in [2.75, 3.05) is 6.61 Å². The Morgan fingerprint density at radius 3 is 2.35 bits per heavy atom. The van der Waals surface area contributed by atoms with E-state index < -0.39 is 23.5 Å². The maximum atomic E-state index is 11.6. The van der Waals surface area contributed by atoms with Gasteiger partial charge in [0.15, 0.2) is 0 Å². The summed E-state index contributed by atoms with van der Waals surface area (Å²) in [5, 5.41) is 8.83. The monoisotopic (exact) mass is 241 g/mol. The fourth-order valence-electron chi connectivity index (χ4n) is 1.10. The quantitative estimate of drug-likeness (QED) is 0.686. The van der Waals surface area contributed by atoms with Gasteiger partial charge in [0.25, 0.3) is 0 Å². The molecule has 0 bridgehead atoms. The molecule has 0 saturated carbocycles. The van der Waals surface area contributed by atoms with Gasteiger partial charge in [0.2, 0.25) is 0 Å². The van der Waals surface area contributed by atoms with Crippen LogP contribution in [0.3, 0.4) is 0 Å². The molecule has 0 aromatic rings. The van der Waals surface area contributed by atoms with Gasteiger partial charge in [-0.3, -0.25) is 9.59 Å². The first-order chi connectivity index (χ1) is 7.80. The highest BCUT2D eigenvalue weighted by molar-refractivity contribution is 5.77. The number of ether oxygens (including phenoxy) is 2. The van der Waals surface area contributed by atoms with Crippen LogP contribution in [-0.4, -0.2) is 24.1 Å². The highest BCUT2D eigenvalue weighted by Crippen LogP contribution is 2.14. The molecule has 0 aliphatic heterocycles. The van der Waals surface area contributed by atoms with E-state index in [1.54, 1.807) is 27.7 Å². The van der Waals surface area contributed by atoms with Crippen molar-refractivity contribution in [1.82, 2.24) is 0 Å². The number of esters is 2. The van der Waals surface area contributed by atoms with Crippen LogP contribution in [0.1, 0.15) is 40.5 Å². The Morgan fingerprint density at radius 2 is 1.94 bits per heavy atom. The minimum atomic E-state index is -0.918. The molecule has 0 N–H and O–H groups in total. The molecule has 17 heavy (non-hydrogen) atoms. The lowest BCUT2D eigenvalue weighted by atomic mass is 10.0. The molecule has 0 aromatic heterocycles. The Balaban J connectivity index is 4.21. The molecule has 0 spiro atoms. The first kappa shape index (κ1) is 15.4. The van der Waals surface area contributed by atoms with Crippen molar-refractivity contribution < 1.29 is 19.1 Å². The van der Waals surface area contributed by atoms with Crippen molar-refractivity contribution in [3.8, 4) is 6.07 Å². The van der Waals surface area contributed by atoms with Crippen molar-refractivity contribution in [3.05, 3.63) is 0 Å². The van der Waals surface area contributed by atoms with Crippen molar-refractivity contribution in [3.63, 3.8) is 0 Å². The van der Waals surface area contributed by atoms with Crippen molar-refractivity contribution in [2.45, 2.75) is 46.1 Å². The molecule has 1 unspecified atom stereocenters. The van der Waals surface area contributed by atoms with Crippen molar-refractivity contribution in [1.29, 1.82) is 5.26 Å². The van der Waals surface area contributed by atoms with Crippen molar-refractivity contribution in [2.24, 2.45) is 5.92 Å². The maximum Gasteiger partial charge on any atom is 0.323 e. The summed E-state index contributed by atoms with van der Waals surface area (Å²) in [6.45, 7) is 7.18. The summed E-state index contributed by atoms with van der Waals surface area (Å²) in [7, 11) is 0. The Morgan fingerprint density at radius 1 is 1.35 bits per heavy atom. The van der Waals surface area contributed by atoms with Gasteiger partial charge in [-0.1, -0.05) is 0 Å². The molecule has 0 aliphatic carbocycles. The molecule has 0 radical (unpaired) electrons. The summed E-state index contributed by atoms with van der Waals surface area (Å²) in [5.74, 6) is -1.92. The SMILES string of the molecule is CCOC(=O)CCC(C#N)C(=O)OC(C)(C)C. The standard InChI is InChI=1S/C12H19NO4/c1-5-16-10(14)7-6-9(8-13)11(15)17-12(2,3)4/h9H,5-7H2,1-4H3. The molecule has 0 saturated heterocycles. The van der Waals surface area contributed by atoms with E-state index >= 15 is 0 Å². The molecule has 0 fully saturated rings. The maximum absolute atomic E-state index is 11.6. The van der Waals surface area contributed by atoms with Gasteiger partial charge in [0, 0.05) is 6.42 Å². The highest BCUT2D eigenvalue weighted by Gasteiger charge is 2.25. The van der Waals surface area contributed by atoms with E-state index in [1.165, 1.54) is 0 Å². The lowest BCUT2D eigenvalue weighted by Gasteiger charge is -2.21. The molecule has 96 valence electrons. The molecule has 5 nitrogen and oxygen atoms in total. The number of nitrogens with zero attached hydrogens (tertiary/aromatic N) is 1. The van der Waals surface area contributed by atoms with Gasteiger partial charge in [0.1, 0.15) is 11.5 Å². The number of carbonyl (C=O) groups excluding carboxylic acids is 2. The molecular weight excluding hydrogens is 222 g/mol. The summed E-state index contributed by atoms with van der Waals surface area (Å²) < 4.78 is 9.79. The van der Waals surface area contributed by atoms with Gasteiger partial charge >= 0.3 is 11.9 Å². The van der Waals surface area contributed by atoms with Crippen LogP contribution in [-0.2, 0) is 19.1 Å². The van der Waals surface area contributed by atoms with E-state index in [1.807, 2.05) is 6.07 Å². The van der Waals surface area contributed by atoms with E-state index in [-0.39, 0.29) is 12.8 Å². The molecule has 0 amide bonds. The molecule has 5 heteroatoms. The van der Waals surface area contributed by atoms with Crippen LogP contribution in [0, 0.1) is 17.2 Å². The van der Waals surface area contributed by atoms with Crippen LogP contribution in [0.25, 0.3) is 0 Å². The minimum Gasteiger partial charge on any atom is -0.466 e. The van der Waals surface area contributed by atoms with Gasteiger partial charge in [0.05, 0.1) is 12.7 Å². The lowest BCUT2D eigenvalue weighted by Crippen LogP contribution is -2.28. The number of hydrogen-bond acceptors (Lipinski definition) is 5. The first-order valence-corrected chi connectivity index (χ1v) is 5.58. The van der Waals surface area contributed by atoms with Gasteiger partial charge in [-0.2, -0.15) is 5.26 Å². The first-order valence-electron chi connectivity index (χ1n) is 5.58. The zero-order chi connectivity index (χ0) is 13.5. The average Bonchev–Trinajstić information content (AvgIpc) is 2.16. The molecule has 0 aliphatic rings. The average molecular weight is 241 g/mol. The van der Waals surface area contributed by atoms with E-state index in [9.17, 15) is 9.59 Å². The normalized spacial score (nSPS) is 12.4. The largest absolute Gasteiger partial charge is 0.466 e. The molecule has 0 rings (SSSR count). The Labute approximate surface area is 102 Å². The third-order valence-corrected chi connectivity index (χ3v) is 1.79. The number of nitriles is 1. The fourth-order valence-corrected chi connectivity index (χ4v) is 1.10. The molecule has 0 heterocycles. The van der Waals surface area contributed by atoms with Gasteiger partial charge in [-0.05, 0) is 34.1 Å². The van der Waals surface area contributed by atoms with Gasteiger partial charge < -0.3 is 9.47 Å². The second-order valence-corrected chi connectivity index (χ2v) is 4.56. The van der Waals surface area contributed by atoms with E-state index in [4.69, 9.17) is 14.7 Å². The smallest absolute Gasteiger partial charge is 0.323 e. The van der Waals surface area contributed by atoms with E-state index in [2.05, 4.69) is 0 Å². The molecular formula is C12H19NO4. The van der Waals surface area contributed by atoms with E-state index in [0.29, 0.717) is 6.61 Å². The summed E-state index contributed by atoms with van der Waals surface area (Å²) in [6.07, 6.45) is 0.176. The van der Waals surface area contributed by atoms with Gasteiger partial charge in [-0.25, -0.2) is 0 Å². The summed E-state index contributed by atoms with van der Waals surface area (Å²) in [4.78, 5) is 22.7. The van der Waals surface area contributed by atoms with E-state index in [0.717, 1.165) is 0 Å². The second kappa shape index (κ2) is 6.89. The Hall–Kier alpha value is -1.57. The molecule has 0 aromatic carbocycles. The number of carbonyl (C=O) groups is 2. The zero-order valence-electron chi connectivity index (χ0n) is 10.8. The highest BCUT2D eigenvalue weighted by atomic mass is 16.6. The van der Waals surface area contributed by atoms with Crippen LogP contribution in [0.15, 0.2) is 0 Å². The lowest BCUT2D eigenvalue weighted by molar-refractivity contribution is -0.158. The van der Waals surface area contributed by atoms with Crippen LogP contribution < -0.4 is 0 Å². The van der Waals surface area contributed by atoms with Crippen LogP contribution in [0.4, 0.5) is 0 Å². The zero-order valence-corrected chi connectivity index (χ0v) is 10.8. The third kappa shape index (κ3) is 7.34. The van der Waals surface area contributed by atoms with Crippen LogP contribution in [0.2, 0.25) is 0 Å². The fraction of sp³-hybridized carbons (Fsp3) is 0.750. The summed E-state index contributed by atoms with van der Waals surface area (Å²) >= 11 is 0. The van der Waals surface area contributed by atoms with Gasteiger partial charge in [-0.15, -0.1) is 0 Å². The predicted octanol–water partition coefficient (Wildman–Crippen LogP) is 1.81. The Bertz CT molecular complexity index is 311. The topological polar surface area (TPSA) is 76.4 Å². The summed E-state index contributed by atoms with van der Waals surface area (Å²) in [6, 6.07) is 1.84. The third-order valence-electron chi connectivity index (χ3n) is 1.79. The second-order valence-electron chi connectivity index (χ2n) is 4.56. The predicted molar refractivity (Wildman–Crippen MR) is 60.8 cm³/mol. The minimum absolute atomic E-state index is 0.0469. The Kier molecular flexibility index (Phi) is 6.26. The molecule has 1 atom stereocenters.